The number of amides is 1. The van der Waals surface area contributed by atoms with Gasteiger partial charge in [-0.1, -0.05) is 19.0 Å². The van der Waals surface area contributed by atoms with Crippen molar-refractivity contribution in [3.63, 3.8) is 0 Å². The van der Waals surface area contributed by atoms with Crippen molar-refractivity contribution in [2.75, 3.05) is 6.54 Å². The number of carboxylic acid groups (broad SMARTS) is 1. The third-order valence-electron chi connectivity index (χ3n) is 4.21. The van der Waals surface area contributed by atoms with Crippen LogP contribution in [0.15, 0.2) is 4.52 Å². The molecule has 0 saturated heterocycles. The summed E-state index contributed by atoms with van der Waals surface area (Å²) in [4.78, 5) is 23.3. The summed E-state index contributed by atoms with van der Waals surface area (Å²) in [5.41, 5.74) is 0.863. The van der Waals surface area contributed by atoms with Crippen LogP contribution in [0.5, 0.6) is 0 Å². The maximum absolute atomic E-state index is 11.9. The second-order valence-electron chi connectivity index (χ2n) is 5.37. The molecule has 21 heavy (non-hydrogen) atoms. The number of carboxylic acids is 1. The third kappa shape index (κ3) is 4.06. The van der Waals surface area contributed by atoms with Gasteiger partial charge in [-0.15, -0.1) is 0 Å². The lowest BCUT2D eigenvalue weighted by atomic mass is 9.82. The van der Waals surface area contributed by atoms with Gasteiger partial charge in [-0.05, 0) is 33.1 Å². The molecule has 0 aliphatic carbocycles. The monoisotopic (exact) mass is 296 g/mol. The van der Waals surface area contributed by atoms with Crippen LogP contribution in [-0.2, 0) is 16.0 Å². The number of carbonyl (C=O) groups is 2. The lowest BCUT2D eigenvalue weighted by Crippen LogP contribution is -2.42. The van der Waals surface area contributed by atoms with Crippen molar-refractivity contribution in [2.24, 2.45) is 5.41 Å². The molecule has 6 heteroatoms. The Morgan fingerprint density at radius 1 is 1.29 bits per heavy atom. The summed E-state index contributed by atoms with van der Waals surface area (Å²) in [6.07, 6.45) is 1.82. The van der Waals surface area contributed by atoms with Crippen LogP contribution in [0, 0.1) is 19.3 Å². The molecule has 6 nitrogen and oxygen atoms in total. The first kappa shape index (κ1) is 17.2. The number of rotatable bonds is 8. The Hall–Kier alpha value is -1.85. The number of nitrogens with zero attached hydrogens (tertiary/aromatic N) is 1. The molecule has 1 rings (SSSR count). The average Bonchev–Trinajstić information content (AvgIpc) is 2.77. The fourth-order valence-corrected chi connectivity index (χ4v) is 2.33. The summed E-state index contributed by atoms with van der Waals surface area (Å²) in [5, 5.41) is 15.9. The molecular formula is C15H24N2O4. The highest BCUT2D eigenvalue weighted by Gasteiger charge is 2.35. The smallest absolute Gasteiger partial charge is 0.311 e. The molecule has 0 atom stereocenters. The molecule has 0 radical (unpaired) electrons. The third-order valence-corrected chi connectivity index (χ3v) is 4.21. The summed E-state index contributed by atoms with van der Waals surface area (Å²) < 4.78 is 5.05. The van der Waals surface area contributed by atoms with Gasteiger partial charge in [-0.25, -0.2) is 0 Å². The number of nitrogens with one attached hydrogen (secondary N) is 1. The number of aromatic nitrogens is 1. The van der Waals surface area contributed by atoms with Crippen molar-refractivity contribution in [1.82, 2.24) is 10.5 Å². The van der Waals surface area contributed by atoms with Gasteiger partial charge in [0.2, 0.25) is 5.91 Å². The summed E-state index contributed by atoms with van der Waals surface area (Å²) >= 11 is 0. The van der Waals surface area contributed by atoms with Crippen LogP contribution < -0.4 is 5.32 Å². The highest BCUT2D eigenvalue weighted by atomic mass is 16.5. The van der Waals surface area contributed by atoms with Crippen molar-refractivity contribution in [1.29, 1.82) is 0 Å². The van der Waals surface area contributed by atoms with Gasteiger partial charge in [0.25, 0.3) is 0 Å². The predicted octanol–water partition coefficient (Wildman–Crippen LogP) is 2.23. The number of aliphatic carboxylic acids is 1. The molecule has 0 aliphatic rings. The number of aryl methyl sites for hydroxylation is 2. The molecule has 1 heterocycles. The van der Waals surface area contributed by atoms with Crippen LogP contribution >= 0.6 is 0 Å². The Morgan fingerprint density at radius 2 is 1.90 bits per heavy atom. The second kappa shape index (κ2) is 7.24. The maximum atomic E-state index is 11.9. The zero-order chi connectivity index (χ0) is 16.0. The molecule has 1 aromatic rings. The summed E-state index contributed by atoms with van der Waals surface area (Å²) in [7, 11) is 0. The normalized spacial score (nSPS) is 11.4. The second-order valence-corrected chi connectivity index (χ2v) is 5.37. The lowest BCUT2D eigenvalue weighted by Gasteiger charge is -2.26. The molecule has 0 unspecified atom stereocenters. The van der Waals surface area contributed by atoms with E-state index in [2.05, 4.69) is 10.5 Å². The number of hydrogen-bond donors (Lipinski definition) is 2. The van der Waals surface area contributed by atoms with Crippen molar-refractivity contribution in [2.45, 2.75) is 53.4 Å². The molecule has 0 aromatic carbocycles. The van der Waals surface area contributed by atoms with Gasteiger partial charge in [0, 0.05) is 18.5 Å². The zero-order valence-corrected chi connectivity index (χ0v) is 13.2. The largest absolute Gasteiger partial charge is 0.481 e. The van der Waals surface area contributed by atoms with Gasteiger partial charge >= 0.3 is 5.97 Å². The first-order valence-electron chi connectivity index (χ1n) is 7.28. The first-order chi connectivity index (χ1) is 9.86. The maximum Gasteiger partial charge on any atom is 0.311 e. The molecule has 0 saturated carbocycles. The fourth-order valence-electron chi connectivity index (χ4n) is 2.33. The Labute approximate surface area is 124 Å². The summed E-state index contributed by atoms with van der Waals surface area (Å²) in [5.74, 6) is -0.289. The van der Waals surface area contributed by atoms with Gasteiger partial charge in [-0.3, -0.25) is 9.59 Å². The van der Waals surface area contributed by atoms with E-state index in [1.807, 2.05) is 27.7 Å². The van der Waals surface area contributed by atoms with Crippen molar-refractivity contribution < 1.29 is 19.2 Å². The van der Waals surface area contributed by atoms with E-state index in [-0.39, 0.29) is 12.5 Å². The lowest BCUT2D eigenvalue weighted by molar-refractivity contribution is -0.149. The van der Waals surface area contributed by atoms with E-state index < -0.39 is 11.4 Å². The van der Waals surface area contributed by atoms with Crippen molar-refractivity contribution >= 4 is 11.9 Å². The van der Waals surface area contributed by atoms with Gasteiger partial charge in [0.1, 0.15) is 5.76 Å². The minimum Gasteiger partial charge on any atom is -0.481 e. The molecule has 2 N–H and O–H groups in total. The molecule has 0 aliphatic heterocycles. The first-order valence-corrected chi connectivity index (χ1v) is 7.28. The predicted molar refractivity (Wildman–Crippen MR) is 78.0 cm³/mol. The molecule has 0 bridgehead atoms. The van der Waals surface area contributed by atoms with E-state index in [9.17, 15) is 14.7 Å². The van der Waals surface area contributed by atoms with E-state index in [1.165, 1.54) is 0 Å². The van der Waals surface area contributed by atoms with E-state index in [0.717, 1.165) is 17.0 Å². The quantitative estimate of drug-likeness (QED) is 0.767. The van der Waals surface area contributed by atoms with Crippen molar-refractivity contribution in [3.05, 3.63) is 17.0 Å². The molecule has 1 aromatic heterocycles. The van der Waals surface area contributed by atoms with E-state index in [0.29, 0.717) is 25.7 Å². The van der Waals surface area contributed by atoms with Crippen LogP contribution in [0.2, 0.25) is 0 Å². The number of hydrogen-bond acceptors (Lipinski definition) is 4. The van der Waals surface area contributed by atoms with E-state index in [1.54, 1.807) is 0 Å². The summed E-state index contributed by atoms with van der Waals surface area (Å²) in [6, 6.07) is 0. The van der Waals surface area contributed by atoms with Crippen LogP contribution in [0.3, 0.4) is 0 Å². The van der Waals surface area contributed by atoms with Gasteiger partial charge in [0.15, 0.2) is 0 Å². The van der Waals surface area contributed by atoms with E-state index in [4.69, 9.17) is 4.52 Å². The van der Waals surface area contributed by atoms with E-state index >= 15 is 0 Å². The number of carbonyl (C=O) groups excluding carboxylic acids is 1. The minimum atomic E-state index is -0.876. The molecular weight excluding hydrogens is 272 g/mol. The average molecular weight is 296 g/mol. The minimum absolute atomic E-state index is 0.150. The molecule has 0 fully saturated rings. The Balaban J connectivity index is 2.53. The summed E-state index contributed by atoms with van der Waals surface area (Å²) in [6.45, 7) is 7.47. The fraction of sp³-hybridized carbons (Fsp3) is 0.667. The molecule has 118 valence electrons. The van der Waals surface area contributed by atoms with Crippen molar-refractivity contribution in [3.8, 4) is 0 Å². The van der Waals surface area contributed by atoms with Crippen LogP contribution in [0.4, 0.5) is 0 Å². The zero-order valence-electron chi connectivity index (χ0n) is 13.2. The Kier molecular flexibility index (Phi) is 5.93. The van der Waals surface area contributed by atoms with Gasteiger partial charge < -0.3 is 14.9 Å². The topological polar surface area (TPSA) is 92.4 Å². The van der Waals surface area contributed by atoms with Crippen LogP contribution in [0.1, 0.15) is 50.1 Å². The SMILES string of the molecule is CCC(CC)(CNC(=O)CCc1c(C)noc1C)C(=O)O. The standard InChI is InChI=1S/C15H24N2O4/c1-5-15(6-2,14(19)20)9-16-13(18)8-7-12-10(3)17-21-11(12)4/h5-9H2,1-4H3,(H,16,18)(H,19,20). The highest BCUT2D eigenvalue weighted by molar-refractivity contribution is 5.79. The Bertz CT molecular complexity index is 484. The molecule has 0 spiro atoms. The Morgan fingerprint density at radius 3 is 2.33 bits per heavy atom. The van der Waals surface area contributed by atoms with Gasteiger partial charge in [-0.2, -0.15) is 0 Å². The van der Waals surface area contributed by atoms with Gasteiger partial charge in [0.05, 0.1) is 11.1 Å². The van der Waals surface area contributed by atoms with Crippen LogP contribution in [-0.4, -0.2) is 28.7 Å². The van der Waals surface area contributed by atoms with Crippen LogP contribution in [0.25, 0.3) is 0 Å². The highest BCUT2D eigenvalue weighted by Crippen LogP contribution is 2.25. The molecule has 1 amide bonds.